The predicted molar refractivity (Wildman–Crippen MR) is 107 cm³/mol. The monoisotopic (exact) mass is 385 g/mol. The minimum absolute atomic E-state index is 0.0609. The summed E-state index contributed by atoms with van der Waals surface area (Å²) in [5, 5.41) is 2.92. The first kappa shape index (κ1) is 19.8. The van der Waals surface area contributed by atoms with Crippen molar-refractivity contribution in [2.75, 3.05) is 48.0 Å². The Morgan fingerprint density at radius 3 is 2.50 bits per heavy atom. The van der Waals surface area contributed by atoms with Gasteiger partial charge in [0, 0.05) is 33.0 Å². The van der Waals surface area contributed by atoms with Gasteiger partial charge in [-0.15, -0.1) is 0 Å². The molecule has 0 aromatic heterocycles. The second-order valence-electron chi connectivity index (χ2n) is 6.54. The number of hydrogen-bond acceptors (Lipinski definition) is 4. The highest BCUT2D eigenvalue weighted by atomic mass is 19.1. The van der Waals surface area contributed by atoms with Gasteiger partial charge in [-0.25, -0.2) is 4.39 Å². The van der Waals surface area contributed by atoms with Gasteiger partial charge >= 0.3 is 0 Å². The molecule has 0 unspecified atom stereocenters. The number of carbonyl (C=O) groups excluding carboxylic acids is 2. The third-order valence-electron chi connectivity index (χ3n) is 4.62. The SMILES string of the molecule is CC(=O)N(CCC(=O)Nc1ccccc1N1CCOCC1)c1ccccc1F. The van der Waals surface area contributed by atoms with Crippen molar-refractivity contribution in [3.8, 4) is 0 Å². The Labute approximate surface area is 163 Å². The number of para-hydroxylation sites is 3. The van der Waals surface area contributed by atoms with E-state index >= 15 is 0 Å². The van der Waals surface area contributed by atoms with Crippen LogP contribution >= 0.6 is 0 Å². The summed E-state index contributed by atoms with van der Waals surface area (Å²) in [6.07, 6.45) is 0.0609. The van der Waals surface area contributed by atoms with E-state index in [1.165, 1.54) is 24.0 Å². The normalized spacial score (nSPS) is 13.9. The lowest BCUT2D eigenvalue weighted by atomic mass is 10.2. The minimum Gasteiger partial charge on any atom is -0.378 e. The highest BCUT2D eigenvalue weighted by Gasteiger charge is 2.18. The third-order valence-corrected chi connectivity index (χ3v) is 4.62. The lowest BCUT2D eigenvalue weighted by molar-refractivity contribution is -0.117. The molecule has 0 spiro atoms. The molecule has 1 aliphatic heterocycles. The molecule has 0 radical (unpaired) electrons. The van der Waals surface area contributed by atoms with Crippen molar-refractivity contribution in [1.29, 1.82) is 0 Å². The standard InChI is InChI=1S/C21H24FN3O3/c1-16(26)25(19-8-4-2-6-17(19)22)11-10-21(27)23-18-7-3-5-9-20(18)24-12-14-28-15-13-24/h2-9H,10-15H2,1H3,(H,23,27). The molecule has 7 heteroatoms. The van der Waals surface area contributed by atoms with Gasteiger partial charge in [-0.1, -0.05) is 24.3 Å². The fourth-order valence-electron chi connectivity index (χ4n) is 3.20. The maximum Gasteiger partial charge on any atom is 0.226 e. The van der Waals surface area contributed by atoms with E-state index in [9.17, 15) is 14.0 Å². The number of nitrogens with one attached hydrogen (secondary N) is 1. The van der Waals surface area contributed by atoms with E-state index in [1.807, 2.05) is 24.3 Å². The summed E-state index contributed by atoms with van der Waals surface area (Å²) in [6, 6.07) is 13.6. The molecular weight excluding hydrogens is 361 g/mol. The van der Waals surface area contributed by atoms with Crippen LogP contribution < -0.4 is 15.1 Å². The van der Waals surface area contributed by atoms with Crippen molar-refractivity contribution in [3.63, 3.8) is 0 Å². The molecule has 0 bridgehead atoms. The van der Waals surface area contributed by atoms with E-state index in [1.54, 1.807) is 12.1 Å². The first-order chi connectivity index (χ1) is 13.6. The van der Waals surface area contributed by atoms with Crippen LogP contribution in [0.25, 0.3) is 0 Å². The van der Waals surface area contributed by atoms with E-state index in [2.05, 4.69) is 10.2 Å². The number of benzene rings is 2. The zero-order valence-corrected chi connectivity index (χ0v) is 15.9. The largest absolute Gasteiger partial charge is 0.378 e. The Morgan fingerprint density at radius 1 is 1.11 bits per heavy atom. The number of hydrogen-bond donors (Lipinski definition) is 1. The molecule has 148 valence electrons. The third kappa shape index (κ3) is 4.86. The van der Waals surface area contributed by atoms with Gasteiger partial charge in [-0.3, -0.25) is 9.59 Å². The number of amides is 2. The van der Waals surface area contributed by atoms with Crippen molar-refractivity contribution < 1.29 is 18.7 Å². The number of ether oxygens (including phenoxy) is 1. The average Bonchev–Trinajstić information content (AvgIpc) is 2.70. The smallest absolute Gasteiger partial charge is 0.226 e. The van der Waals surface area contributed by atoms with Crippen LogP contribution in [0.15, 0.2) is 48.5 Å². The molecular formula is C21H24FN3O3. The lowest BCUT2D eigenvalue weighted by Gasteiger charge is -2.30. The van der Waals surface area contributed by atoms with Gasteiger partial charge in [0.1, 0.15) is 5.82 Å². The van der Waals surface area contributed by atoms with Crippen LogP contribution in [0.1, 0.15) is 13.3 Å². The summed E-state index contributed by atoms with van der Waals surface area (Å²) in [7, 11) is 0. The number of morpholine rings is 1. The molecule has 0 saturated carbocycles. The molecule has 6 nitrogen and oxygen atoms in total. The second-order valence-corrected chi connectivity index (χ2v) is 6.54. The van der Waals surface area contributed by atoms with E-state index in [0.29, 0.717) is 13.2 Å². The number of carbonyl (C=O) groups is 2. The van der Waals surface area contributed by atoms with Crippen molar-refractivity contribution in [3.05, 3.63) is 54.3 Å². The molecule has 3 rings (SSSR count). The van der Waals surface area contributed by atoms with Crippen molar-refractivity contribution in [2.24, 2.45) is 0 Å². The second kappa shape index (κ2) is 9.32. The zero-order chi connectivity index (χ0) is 19.9. The zero-order valence-electron chi connectivity index (χ0n) is 15.9. The Morgan fingerprint density at radius 2 is 1.79 bits per heavy atom. The summed E-state index contributed by atoms with van der Waals surface area (Å²) in [4.78, 5) is 27.9. The summed E-state index contributed by atoms with van der Waals surface area (Å²) in [5.74, 6) is -1.04. The quantitative estimate of drug-likeness (QED) is 0.830. The number of halogens is 1. The van der Waals surface area contributed by atoms with Crippen molar-refractivity contribution in [1.82, 2.24) is 0 Å². The van der Waals surface area contributed by atoms with Gasteiger partial charge in [-0.2, -0.15) is 0 Å². The molecule has 1 saturated heterocycles. The number of rotatable bonds is 6. The van der Waals surface area contributed by atoms with Gasteiger partial charge in [0.25, 0.3) is 0 Å². The summed E-state index contributed by atoms with van der Waals surface area (Å²) in [5.41, 5.74) is 1.84. The Bertz CT molecular complexity index is 837. The van der Waals surface area contributed by atoms with Crippen LogP contribution in [0.5, 0.6) is 0 Å². The summed E-state index contributed by atoms with van der Waals surface area (Å²) in [6.45, 7) is 4.29. The van der Waals surface area contributed by atoms with E-state index in [-0.39, 0.29) is 30.5 Å². The van der Waals surface area contributed by atoms with Gasteiger partial charge in [0.2, 0.25) is 11.8 Å². The predicted octanol–water partition coefficient (Wildman–Crippen LogP) is 3.04. The Kier molecular flexibility index (Phi) is 6.60. The van der Waals surface area contributed by atoms with E-state index in [0.717, 1.165) is 24.5 Å². The van der Waals surface area contributed by atoms with Crippen LogP contribution in [-0.2, 0) is 14.3 Å². The molecule has 2 amide bonds. The molecule has 2 aromatic carbocycles. The van der Waals surface area contributed by atoms with E-state index in [4.69, 9.17) is 4.74 Å². The lowest BCUT2D eigenvalue weighted by Crippen LogP contribution is -2.37. The summed E-state index contributed by atoms with van der Waals surface area (Å²) < 4.78 is 19.4. The average molecular weight is 385 g/mol. The highest BCUT2D eigenvalue weighted by Crippen LogP contribution is 2.26. The van der Waals surface area contributed by atoms with Crippen LogP contribution in [0.4, 0.5) is 21.5 Å². The maximum atomic E-state index is 14.0. The highest BCUT2D eigenvalue weighted by molar-refractivity contribution is 5.96. The number of anilines is 3. The van der Waals surface area contributed by atoms with Crippen LogP contribution in [0, 0.1) is 5.82 Å². The number of nitrogens with zero attached hydrogens (tertiary/aromatic N) is 2. The molecule has 0 atom stereocenters. The van der Waals surface area contributed by atoms with Crippen molar-refractivity contribution >= 4 is 28.9 Å². The molecule has 28 heavy (non-hydrogen) atoms. The first-order valence-corrected chi connectivity index (χ1v) is 9.30. The molecule has 1 aliphatic rings. The van der Waals surface area contributed by atoms with Gasteiger partial charge < -0.3 is 19.9 Å². The fraction of sp³-hybridized carbons (Fsp3) is 0.333. The van der Waals surface area contributed by atoms with E-state index < -0.39 is 5.82 Å². The molecule has 1 N–H and O–H groups in total. The van der Waals surface area contributed by atoms with Crippen LogP contribution in [0.3, 0.4) is 0 Å². The molecule has 2 aromatic rings. The molecule has 1 fully saturated rings. The fourth-order valence-corrected chi connectivity index (χ4v) is 3.20. The molecule has 1 heterocycles. The first-order valence-electron chi connectivity index (χ1n) is 9.30. The van der Waals surface area contributed by atoms with Gasteiger partial charge in [0.15, 0.2) is 0 Å². The van der Waals surface area contributed by atoms with Crippen LogP contribution in [-0.4, -0.2) is 44.7 Å². The van der Waals surface area contributed by atoms with Gasteiger partial charge in [0.05, 0.1) is 30.3 Å². The van der Waals surface area contributed by atoms with Gasteiger partial charge in [-0.05, 0) is 24.3 Å². The molecule has 0 aliphatic carbocycles. The van der Waals surface area contributed by atoms with Crippen molar-refractivity contribution in [2.45, 2.75) is 13.3 Å². The maximum absolute atomic E-state index is 14.0. The minimum atomic E-state index is -0.490. The summed E-state index contributed by atoms with van der Waals surface area (Å²) >= 11 is 0. The Balaban J connectivity index is 1.66. The Hall–Kier alpha value is -2.93. The van der Waals surface area contributed by atoms with Crippen LogP contribution in [0.2, 0.25) is 0 Å². The topological polar surface area (TPSA) is 61.9 Å².